The molecule has 0 saturated carbocycles. The Bertz CT molecular complexity index is 1340. The number of thiophene rings is 1. The van der Waals surface area contributed by atoms with E-state index in [0.29, 0.717) is 0 Å². The van der Waals surface area contributed by atoms with Crippen molar-refractivity contribution in [3.05, 3.63) is 53.2 Å². The molecule has 2 aliphatic rings. The minimum absolute atomic E-state index is 0.133. The van der Waals surface area contributed by atoms with Gasteiger partial charge in [-0.1, -0.05) is 0 Å². The maximum Gasteiger partial charge on any atom is 0.264 e. The quantitative estimate of drug-likeness (QED) is 0.435. The fraction of sp³-hybridized carbons (Fsp3) is 0.385. The lowest BCUT2D eigenvalue weighted by molar-refractivity contribution is 0.0262. The van der Waals surface area contributed by atoms with Gasteiger partial charge in [-0.15, -0.1) is 11.3 Å². The zero-order valence-corrected chi connectivity index (χ0v) is 20.2. The summed E-state index contributed by atoms with van der Waals surface area (Å²) in [6.45, 7) is 7.31. The van der Waals surface area contributed by atoms with E-state index in [2.05, 4.69) is 56.3 Å². The number of benzene rings is 1. The van der Waals surface area contributed by atoms with Crippen LogP contribution < -0.4 is 5.32 Å². The van der Waals surface area contributed by atoms with E-state index < -0.39 is 0 Å². The molecule has 6 rings (SSSR count). The van der Waals surface area contributed by atoms with Crippen molar-refractivity contribution < 1.29 is 9.53 Å². The zero-order chi connectivity index (χ0) is 23.1. The van der Waals surface area contributed by atoms with E-state index in [1.165, 1.54) is 16.7 Å². The number of likely N-dealkylation sites (tertiary alicyclic amines) is 1. The van der Waals surface area contributed by atoms with Gasteiger partial charge in [0.05, 0.1) is 34.0 Å². The van der Waals surface area contributed by atoms with E-state index in [0.717, 1.165) is 89.9 Å². The second-order valence-corrected chi connectivity index (χ2v) is 10.3. The average Bonchev–Trinajstić information content (AvgIpc) is 3.57. The second-order valence-electron chi connectivity index (χ2n) is 9.27. The molecule has 1 atom stereocenters. The van der Waals surface area contributed by atoms with Gasteiger partial charge >= 0.3 is 0 Å². The maximum atomic E-state index is 13.5. The van der Waals surface area contributed by atoms with Crippen molar-refractivity contribution in [3.8, 4) is 0 Å². The van der Waals surface area contributed by atoms with Crippen LogP contribution in [0.3, 0.4) is 0 Å². The maximum absolute atomic E-state index is 13.5. The molecule has 2 aliphatic heterocycles. The van der Waals surface area contributed by atoms with Crippen LogP contribution in [0.5, 0.6) is 0 Å². The van der Waals surface area contributed by atoms with Gasteiger partial charge in [-0.25, -0.2) is 0 Å². The predicted octanol–water partition coefficient (Wildman–Crippen LogP) is 4.77. The monoisotopic (exact) mass is 475 g/mol. The third kappa shape index (κ3) is 4.17. The summed E-state index contributed by atoms with van der Waals surface area (Å²) in [6.07, 6.45) is 3.94. The van der Waals surface area contributed by atoms with Crippen LogP contribution in [0, 0.1) is 6.92 Å². The van der Waals surface area contributed by atoms with Gasteiger partial charge in [-0.05, 0) is 56.2 Å². The summed E-state index contributed by atoms with van der Waals surface area (Å²) in [5.74, 6) is 0.133. The molecule has 2 saturated heterocycles. The van der Waals surface area contributed by atoms with Crippen LogP contribution in [-0.2, 0) is 4.74 Å². The Morgan fingerprint density at radius 1 is 1.21 bits per heavy atom. The van der Waals surface area contributed by atoms with E-state index in [9.17, 15) is 4.79 Å². The highest BCUT2D eigenvalue weighted by atomic mass is 32.1. The third-order valence-electron chi connectivity index (χ3n) is 6.87. The van der Waals surface area contributed by atoms with E-state index in [1.54, 1.807) is 0 Å². The van der Waals surface area contributed by atoms with E-state index >= 15 is 0 Å². The van der Waals surface area contributed by atoms with Gasteiger partial charge in [0.1, 0.15) is 0 Å². The fourth-order valence-electron chi connectivity index (χ4n) is 5.17. The normalized spacial score (nSPS) is 19.3. The Morgan fingerprint density at radius 3 is 2.97 bits per heavy atom. The number of nitrogens with zero attached hydrogens (tertiary/aromatic N) is 3. The standard InChI is InChI=1S/C26H29N5O2S/c1-17-13-18-14-19(4-5-21(18)28-17)29-22-6-7-27-23-15-24(34-25(22)23)26(32)31-8-2-3-20(31)16-30-9-11-33-12-10-30/h4-7,13-15,20,28H,2-3,8-12,16H2,1H3,(H,27,29). The minimum atomic E-state index is 0.133. The number of aromatic amines is 1. The van der Waals surface area contributed by atoms with Crippen molar-refractivity contribution in [2.75, 3.05) is 44.7 Å². The number of carbonyl (C=O) groups is 1. The van der Waals surface area contributed by atoms with Gasteiger partial charge in [-0.3, -0.25) is 14.7 Å². The lowest BCUT2D eigenvalue weighted by Gasteiger charge is -2.32. The molecule has 2 fully saturated rings. The van der Waals surface area contributed by atoms with Crippen molar-refractivity contribution in [3.63, 3.8) is 0 Å². The third-order valence-corrected chi connectivity index (χ3v) is 8.01. The first-order valence-corrected chi connectivity index (χ1v) is 12.8. The number of amides is 1. The van der Waals surface area contributed by atoms with Crippen molar-refractivity contribution in [2.45, 2.75) is 25.8 Å². The summed E-state index contributed by atoms with van der Waals surface area (Å²) in [5, 5.41) is 4.72. The van der Waals surface area contributed by atoms with Gasteiger partial charge in [0, 0.05) is 60.7 Å². The van der Waals surface area contributed by atoms with Gasteiger partial charge in [-0.2, -0.15) is 0 Å². The van der Waals surface area contributed by atoms with Crippen LogP contribution in [0.4, 0.5) is 11.4 Å². The molecule has 0 bridgehead atoms. The summed E-state index contributed by atoms with van der Waals surface area (Å²) in [7, 11) is 0. The summed E-state index contributed by atoms with van der Waals surface area (Å²) >= 11 is 1.54. The van der Waals surface area contributed by atoms with Crippen LogP contribution >= 0.6 is 11.3 Å². The van der Waals surface area contributed by atoms with Crippen LogP contribution in [0.2, 0.25) is 0 Å². The zero-order valence-electron chi connectivity index (χ0n) is 19.3. The molecule has 7 nitrogen and oxygen atoms in total. The van der Waals surface area contributed by atoms with E-state index in [4.69, 9.17) is 4.74 Å². The number of H-pyrrole nitrogens is 1. The SMILES string of the molecule is Cc1cc2cc(Nc3ccnc4cc(C(=O)N5CCCC5CN5CCOCC5)sc34)ccc2[nH]1. The number of rotatable bonds is 5. The number of aryl methyl sites for hydroxylation is 1. The molecule has 5 heterocycles. The molecule has 1 unspecified atom stereocenters. The highest BCUT2D eigenvalue weighted by molar-refractivity contribution is 7.21. The molecule has 2 N–H and O–H groups in total. The number of aromatic nitrogens is 2. The molecule has 176 valence electrons. The Hall–Kier alpha value is -2.94. The second kappa shape index (κ2) is 9.02. The number of hydrogen-bond donors (Lipinski definition) is 2. The summed E-state index contributed by atoms with van der Waals surface area (Å²) in [4.78, 5) is 26.7. The highest BCUT2D eigenvalue weighted by Crippen LogP contribution is 2.34. The van der Waals surface area contributed by atoms with Crippen molar-refractivity contribution in [2.24, 2.45) is 0 Å². The number of nitrogens with one attached hydrogen (secondary N) is 2. The van der Waals surface area contributed by atoms with Gasteiger partial charge in [0.15, 0.2) is 0 Å². The lowest BCUT2D eigenvalue weighted by atomic mass is 10.2. The van der Waals surface area contributed by atoms with Crippen LogP contribution in [0.1, 0.15) is 28.2 Å². The Morgan fingerprint density at radius 2 is 2.09 bits per heavy atom. The van der Waals surface area contributed by atoms with Crippen molar-refractivity contribution >= 4 is 49.7 Å². The lowest BCUT2D eigenvalue weighted by Crippen LogP contribution is -2.46. The topological polar surface area (TPSA) is 73.5 Å². The molecular weight excluding hydrogens is 446 g/mol. The Labute approximate surface area is 202 Å². The molecule has 8 heteroatoms. The summed E-state index contributed by atoms with van der Waals surface area (Å²) in [5.41, 5.74) is 5.14. The van der Waals surface area contributed by atoms with Crippen LogP contribution in [0.15, 0.2) is 42.6 Å². The minimum Gasteiger partial charge on any atom is -0.379 e. The molecule has 4 aromatic rings. The first-order chi connectivity index (χ1) is 16.6. The number of carbonyl (C=O) groups excluding carboxylic acids is 1. The van der Waals surface area contributed by atoms with Crippen molar-refractivity contribution in [1.29, 1.82) is 0 Å². The molecule has 3 aromatic heterocycles. The fourth-order valence-corrected chi connectivity index (χ4v) is 6.21. The van der Waals surface area contributed by atoms with Crippen molar-refractivity contribution in [1.82, 2.24) is 19.8 Å². The molecule has 0 radical (unpaired) electrons. The first kappa shape index (κ1) is 21.6. The van der Waals surface area contributed by atoms with E-state index in [1.807, 2.05) is 18.3 Å². The molecular formula is C26H29N5O2S. The largest absolute Gasteiger partial charge is 0.379 e. The molecule has 1 aromatic carbocycles. The number of fused-ring (bicyclic) bond motifs is 2. The smallest absolute Gasteiger partial charge is 0.264 e. The highest BCUT2D eigenvalue weighted by Gasteiger charge is 2.32. The summed E-state index contributed by atoms with van der Waals surface area (Å²) < 4.78 is 6.50. The number of pyridine rings is 1. The van der Waals surface area contributed by atoms with E-state index in [-0.39, 0.29) is 11.9 Å². The summed E-state index contributed by atoms with van der Waals surface area (Å²) in [6, 6.07) is 12.7. The Balaban J connectivity index is 1.24. The van der Waals surface area contributed by atoms with Gasteiger partial charge < -0.3 is 19.9 Å². The molecule has 0 aliphatic carbocycles. The molecule has 34 heavy (non-hydrogen) atoms. The van der Waals surface area contributed by atoms with Gasteiger partial charge in [0.2, 0.25) is 0 Å². The molecule has 1 amide bonds. The van der Waals surface area contributed by atoms with Crippen LogP contribution in [0.25, 0.3) is 21.1 Å². The predicted molar refractivity (Wildman–Crippen MR) is 137 cm³/mol. The number of morpholine rings is 1. The molecule has 0 spiro atoms. The first-order valence-electron chi connectivity index (χ1n) is 12.0. The number of ether oxygens (including phenoxy) is 1. The average molecular weight is 476 g/mol. The number of hydrogen-bond acceptors (Lipinski definition) is 6. The van der Waals surface area contributed by atoms with Crippen LogP contribution in [-0.4, -0.2) is 71.1 Å². The number of anilines is 2. The van der Waals surface area contributed by atoms with Gasteiger partial charge in [0.25, 0.3) is 5.91 Å². The Kier molecular flexibility index (Phi) is 5.72.